The molecule has 1 saturated heterocycles. The molecular formula is C13H22N4O. The van der Waals surface area contributed by atoms with E-state index in [2.05, 4.69) is 35.6 Å². The monoisotopic (exact) mass is 250 g/mol. The molecule has 1 aromatic rings. The molecule has 5 heteroatoms. The lowest BCUT2D eigenvalue weighted by Crippen LogP contribution is -2.22. The van der Waals surface area contributed by atoms with Gasteiger partial charge < -0.3 is 15.4 Å². The standard InChI is InChI=1S/C13H22N4O/c1-4-5-18-13-11(14)12(15-8-16-13)17-6-9(2)10(3)7-17/h8-10H,4-7,14H2,1-3H3. The summed E-state index contributed by atoms with van der Waals surface area (Å²) in [7, 11) is 0. The van der Waals surface area contributed by atoms with Crippen molar-refractivity contribution in [2.24, 2.45) is 11.8 Å². The summed E-state index contributed by atoms with van der Waals surface area (Å²) >= 11 is 0. The van der Waals surface area contributed by atoms with Crippen LogP contribution in [0.25, 0.3) is 0 Å². The molecule has 2 N–H and O–H groups in total. The summed E-state index contributed by atoms with van der Waals surface area (Å²) in [6, 6.07) is 0. The highest BCUT2D eigenvalue weighted by atomic mass is 16.5. The van der Waals surface area contributed by atoms with Crippen molar-refractivity contribution in [2.45, 2.75) is 27.2 Å². The van der Waals surface area contributed by atoms with Crippen LogP contribution in [0.3, 0.4) is 0 Å². The third kappa shape index (κ3) is 2.49. The second-order valence-corrected chi connectivity index (χ2v) is 5.12. The average molecular weight is 250 g/mol. The molecule has 0 amide bonds. The maximum Gasteiger partial charge on any atom is 0.242 e. The highest BCUT2D eigenvalue weighted by molar-refractivity contribution is 5.68. The molecule has 1 aromatic heterocycles. The lowest BCUT2D eigenvalue weighted by molar-refractivity contribution is 0.306. The number of aromatic nitrogens is 2. The molecule has 0 saturated carbocycles. The van der Waals surface area contributed by atoms with Crippen LogP contribution in [0.4, 0.5) is 11.5 Å². The number of nitrogens with two attached hydrogens (primary N) is 1. The first kappa shape index (κ1) is 12.9. The van der Waals surface area contributed by atoms with E-state index in [-0.39, 0.29) is 0 Å². The maximum atomic E-state index is 6.10. The Morgan fingerprint density at radius 3 is 2.61 bits per heavy atom. The first-order valence-corrected chi connectivity index (χ1v) is 6.61. The molecule has 100 valence electrons. The quantitative estimate of drug-likeness (QED) is 0.884. The Hall–Kier alpha value is -1.52. The summed E-state index contributed by atoms with van der Waals surface area (Å²) in [6.07, 6.45) is 2.47. The van der Waals surface area contributed by atoms with Crippen LogP contribution in [0.5, 0.6) is 5.88 Å². The fraction of sp³-hybridized carbons (Fsp3) is 0.692. The lowest BCUT2D eigenvalue weighted by Gasteiger charge is -2.19. The van der Waals surface area contributed by atoms with Crippen molar-refractivity contribution in [3.63, 3.8) is 0 Å². The highest BCUT2D eigenvalue weighted by Crippen LogP contribution is 2.33. The maximum absolute atomic E-state index is 6.10. The predicted molar refractivity (Wildman–Crippen MR) is 72.8 cm³/mol. The molecular weight excluding hydrogens is 228 g/mol. The van der Waals surface area contributed by atoms with Gasteiger partial charge in [-0.05, 0) is 18.3 Å². The molecule has 1 fully saturated rings. The Kier molecular flexibility index (Phi) is 3.89. The molecule has 0 radical (unpaired) electrons. The lowest BCUT2D eigenvalue weighted by atomic mass is 10.0. The Labute approximate surface area is 108 Å². The summed E-state index contributed by atoms with van der Waals surface area (Å²) in [5.74, 6) is 2.65. The third-order valence-corrected chi connectivity index (χ3v) is 3.56. The van der Waals surface area contributed by atoms with E-state index in [9.17, 15) is 0 Å². The largest absolute Gasteiger partial charge is 0.476 e. The van der Waals surface area contributed by atoms with Crippen LogP contribution in [-0.4, -0.2) is 29.7 Å². The van der Waals surface area contributed by atoms with Gasteiger partial charge in [-0.2, -0.15) is 4.98 Å². The topological polar surface area (TPSA) is 64.3 Å². The zero-order valence-corrected chi connectivity index (χ0v) is 11.4. The molecule has 0 spiro atoms. The van der Waals surface area contributed by atoms with Crippen molar-refractivity contribution in [3.05, 3.63) is 6.33 Å². The van der Waals surface area contributed by atoms with Gasteiger partial charge >= 0.3 is 0 Å². The van der Waals surface area contributed by atoms with Crippen LogP contribution >= 0.6 is 0 Å². The van der Waals surface area contributed by atoms with E-state index in [1.165, 1.54) is 6.33 Å². The van der Waals surface area contributed by atoms with Gasteiger partial charge in [-0.25, -0.2) is 4.98 Å². The van der Waals surface area contributed by atoms with Gasteiger partial charge in [0.2, 0.25) is 5.88 Å². The number of rotatable bonds is 4. The fourth-order valence-electron chi connectivity index (χ4n) is 2.24. The minimum absolute atomic E-state index is 0.508. The second kappa shape index (κ2) is 5.42. The highest BCUT2D eigenvalue weighted by Gasteiger charge is 2.28. The number of hydrogen-bond acceptors (Lipinski definition) is 5. The zero-order valence-electron chi connectivity index (χ0n) is 11.4. The van der Waals surface area contributed by atoms with Crippen LogP contribution in [0.2, 0.25) is 0 Å². The molecule has 2 heterocycles. The van der Waals surface area contributed by atoms with Gasteiger partial charge in [0.15, 0.2) is 5.82 Å². The first-order valence-electron chi connectivity index (χ1n) is 6.61. The summed E-state index contributed by atoms with van der Waals surface area (Å²) in [5.41, 5.74) is 6.67. The Morgan fingerprint density at radius 1 is 1.33 bits per heavy atom. The molecule has 2 unspecified atom stereocenters. The van der Waals surface area contributed by atoms with Gasteiger partial charge in [0.05, 0.1) is 6.61 Å². The van der Waals surface area contributed by atoms with Gasteiger partial charge in [0.25, 0.3) is 0 Å². The van der Waals surface area contributed by atoms with Crippen molar-refractivity contribution >= 4 is 11.5 Å². The SMILES string of the molecule is CCCOc1ncnc(N2CC(C)C(C)C2)c1N. The predicted octanol–water partition coefficient (Wildman–Crippen LogP) is 1.94. The summed E-state index contributed by atoms with van der Waals surface area (Å²) < 4.78 is 5.54. The molecule has 2 atom stereocenters. The minimum atomic E-state index is 0.508. The first-order chi connectivity index (χ1) is 8.63. The molecule has 0 aliphatic carbocycles. The summed E-state index contributed by atoms with van der Waals surface area (Å²) in [5, 5.41) is 0. The van der Waals surface area contributed by atoms with E-state index in [0.29, 0.717) is 30.0 Å². The number of hydrogen-bond donors (Lipinski definition) is 1. The average Bonchev–Trinajstić information content (AvgIpc) is 2.68. The van der Waals surface area contributed by atoms with Crippen LogP contribution in [0.15, 0.2) is 6.33 Å². The van der Waals surface area contributed by atoms with E-state index < -0.39 is 0 Å². The molecule has 0 bridgehead atoms. The van der Waals surface area contributed by atoms with Crippen molar-refractivity contribution in [1.29, 1.82) is 0 Å². The second-order valence-electron chi connectivity index (χ2n) is 5.12. The van der Waals surface area contributed by atoms with Crippen molar-refractivity contribution in [3.8, 4) is 5.88 Å². The molecule has 0 aromatic carbocycles. The minimum Gasteiger partial charge on any atom is -0.476 e. The van der Waals surface area contributed by atoms with Crippen molar-refractivity contribution < 1.29 is 4.74 Å². The van der Waals surface area contributed by atoms with Crippen LogP contribution in [-0.2, 0) is 0 Å². The van der Waals surface area contributed by atoms with Crippen molar-refractivity contribution in [1.82, 2.24) is 9.97 Å². The van der Waals surface area contributed by atoms with Crippen LogP contribution in [0, 0.1) is 11.8 Å². The van der Waals surface area contributed by atoms with E-state index >= 15 is 0 Å². The molecule has 1 aliphatic heterocycles. The normalized spacial score (nSPS) is 23.4. The smallest absolute Gasteiger partial charge is 0.242 e. The summed E-state index contributed by atoms with van der Waals surface area (Å²) in [6.45, 7) is 9.20. The fourth-order valence-corrected chi connectivity index (χ4v) is 2.24. The molecule has 1 aliphatic rings. The van der Waals surface area contributed by atoms with E-state index in [4.69, 9.17) is 10.5 Å². The third-order valence-electron chi connectivity index (χ3n) is 3.56. The number of ether oxygens (including phenoxy) is 1. The van der Waals surface area contributed by atoms with Crippen LogP contribution < -0.4 is 15.4 Å². The zero-order chi connectivity index (χ0) is 13.1. The van der Waals surface area contributed by atoms with Gasteiger partial charge in [-0.15, -0.1) is 0 Å². The molecule has 5 nitrogen and oxygen atoms in total. The van der Waals surface area contributed by atoms with E-state index in [0.717, 1.165) is 25.3 Å². The Morgan fingerprint density at radius 2 is 2.00 bits per heavy atom. The van der Waals surface area contributed by atoms with Crippen LogP contribution in [0.1, 0.15) is 27.2 Å². The molecule has 2 rings (SSSR count). The van der Waals surface area contributed by atoms with E-state index in [1.54, 1.807) is 0 Å². The van der Waals surface area contributed by atoms with Gasteiger partial charge in [0, 0.05) is 13.1 Å². The van der Waals surface area contributed by atoms with Gasteiger partial charge in [-0.3, -0.25) is 0 Å². The number of nitrogen functional groups attached to an aromatic ring is 1. The molecule has 18 heavy (non-hydrogen) atoms. The number of anilines is 2. The van der Waals surface area contributed by atoms with Gasteiger partial charge in [-0.1, -0.05) is 20.8 Å². The Balaban J connectivity index is 2.18. The van der Waals surface area contributed by atoms with Crippen molar-refractivity contribution in [2.75, 3.05) is 30.3 Å². The summed E-state index contributed by atoms with van der Waals surface area (Å²) in [4.78, 5) is 10.6. The van der Waals surface area contributed by atoms with Gasteiger partial charge in [0.1, 0.15) is 12.0 Å². The Bertz CT molecular complexity index is 400. The van der Waals surface area contributed by atoms with E-state index in [1.807, 2.05) is 0 Å². The number of nitrogens with zero attached hydrogens (tertiary/aromatic N) is 3.